The second-order valence-electron chi connectivity index (χ2n) is 7.18. The second kappa shape index (κ2) is 7.95. The Morgan fingerprint density at radius 3 is 2.73 bits per heavy atom. The number of phenols is 2. The van der Waals surface area contributed by atoms with Crippen molar-refractivity contribution in [3.63, 3.8) is 0 Å². The summed E-state index contributed by atoms with van der Waals surface area (Å²) in [6, 6.07) is 8.56. The van der Waals surface area contributed by atoms with E-state index >= 15 is 0 Å². The monoisotopic (exact) mass is 427 g/mol. The molecule has 0 spiro atoms. The molecule has 6 nitrogen and oxygen atoms in total. The normalized spacial score (nSPS) is 14.4. The predicted molar refractivity (Wildman–Crippen MR) is 116 cm³/mol. The van der Waals surface area contributed by atoms with Crippen LogP contribution >= 0.6 is 11.6 Å². The number of methoxy groups -OCH3 is 1. The first-order valence-corrected chi connectivity index (χ1v) is 10.2. The highest BCUT2D eigenvalue weighted by atomic mass is 35.5. The molecule has 156 valence electrons. The smallest absolute Gasteiger partial charge is 0.232 e. The zero-order valence-electron chi connectivity index (χ0n) is 16.7. The number of phenolic OH excluding ortho intramolecular Hbond substituents is 2. The van der Waals surface area contributed by atoms with Crippen LogP contribution < -0.4 is 9.47 Å². The van der Waals surface area contributed by atoms with Gasteiger partial charge in [-0.15, -0.1) is 11.6 Å². The number of allylic oxidation sites excluding steroid dienone is 1. The van der Waals surface area contributed by atoms with Crippen molar-refractivity contribution < 1.29 is 24.5 Å². The minimum absolute atomic E-state index is 0.0210. The molecule has 0 radical (unpaired) electrons. The number of hydrogen-bond acceptors (Lipinski definition) is 5. The summed E-state index contributed by atoms with van der Waals surface area (Å²) in [4.78, 5) is 12.8. The van der Waals surface area contributed by atoms with Gasteiger partial charge in [0.2, 0.25) is 11.5 Å². The van der Waals surface area contributed by atoms with Crippen molar-refractivity contribution in [3.8, 4) is 23.0 Å². The fourth-order valence-corrected chi connectivity index (χ4v) is 4.00. The molecule has 0 saturated heterocycles. The largest absolute Gasteiger partial charge is 0.504 e. The number of aromatic nitrogens is 1. The average molecular weight is 428 g/mol. The molecule has 1 aliphatic heterocycles. The Hall–Kier alpha value is -3.12. The Bertz CT molecular complexity index is 1180. The molecular weight excluding hydrogens is 406 g/mol. The molecule has 0 bridgehead atoms. The van der Waals surface area contributed by atoms with Crippen LogP contribution in [0, 0.1) is 6.92 Å². The number of carbonyl (C=O) groups is 1. The number of rotatable bonds is 6. The third-order valence-corrected chi connectivity index (χ3v) is 5.68. The van der Waals surface area contributed by atoms with Crippen LogP contribution in [0.25, 0.3) is 17.0 Å². The third kappa shape index (κ3) is 3.27. The number of carbonyl (C=O) groups excluding carboxylic acids is 1. The first-order valence-electron chi connectivity index (χ1n) is 9.68. The van der Waals surface area contributed by atoms with Gasteiger partial charge in [0, 0.05) is 34.6 Å². The van der Waals surface area contributed by atoms with Crippen LogP contribution in [-0.4, -0.2) is 33.6 Å². The highest BCUT2D eigenvalue weighted by Gasteiger charge is 2.32. The third-order valence-electron chi connectivity index (χ3n) is 5.41. The van der Waals surface area contributed by atoms with Crippen molar-refractivity contribution in [1.82, 2.24) is 4.57 Å². The van der Waals surface area contributed by atoms with E-state index in [1.807, 2.05) is 25.1 Å². The van der Waals surface area contributed by atoms with Crippen molar-refractivity contribution in [2.45, 2.75) is 26.3 Å². The Labute approximate surface area is 178 Å². The van der Waals surface area contributed by atoms with Gasteiger partial charge in [-0.2, -0.15) is 0 Å². The lowest BCUT2D eigenvalue weighted by molar-refractivity contribution is 0.101. The van der Waals surface area contributed by atoms with E-state index in [4.69, 9.17) is 21.1 Å². The highest BCUT2D eigenvalue weighted by molar-refractivity contribution is 6.17. The van der Waals surface area contributed by atoms with Crippen LogP contribution in [0.4, 0.5) is 0 Å². The SMILES string of the molecule is COc1ccc2c(c1)c(C=C1Oc3c(ccc(O)c3O)C1=O)c(C)n2CCCCCl. The first kappa shape index (κ1) is 20.2. The lowest BCUT2D eigenvalue weighted by atomic mass is 10.1. The number of aryl methyl sites for hydroxylation is 1. The molecule has 2 aromatic carbocycles. The van der Waals surface area contributed by atoms with Crippen molar-refractivity contribution in [2.24, 2.45) is 0 Å². The van der Waals surface area contributed by atoms with Gasteiger partial charge in [-0.1, -0.05) is 0 Å². The number of unbranched alkanes of at least 4 members (excludes halogenated alkanes) is 1. The molecule has 0 saturated carbocycles. The minimum Gasteiger partial charge on any atom is -0.504 e. The van der Waals surface area contributed by atoms with E-state index in [1.165, 1.54) is 12.1 Å². The summed E-state index contributed by atoms with van der Waals surface area (Å²) in [6.07, 6.45) is 3.53. The summed E-state index contributed by atoms with van der Waals surface area (Å²) in [7, 11) is 1.61. The van der Waals surface area contributed by atoms with Gasteiger partial charge in [-0.25, -0.2) is 0 Å². The predicted octanol–water partition coefficient (Wildman–Crippen LogP) is 5.00. The van der Waals surface area contributed by atoms with Crippen LogP contribution in [0.2, 0.25) is 0 Å². The molecule has 2 heterocycles. The molecular formula is C23H22ClNO5. The molecule has 4 rings (SSSR count). The number of halogens is 1. The van der Waals surface area contributed by atoms with Crippen LogP contribution in [0.3, 0.4) is 0 Å². The van der Waals surface area contributed by atoms with Crippen LogP contribution in [0.5, 0.6) is 23.0 Å². The van der Waals surface area contributed by atoms with E-state index in [0.717, 1.165) is 41.5 Å². The standard InChI is InChI=1S/C23H22ClNO5/c1-13-16(12-20-21(27)15-6-8-19(26)22(28)23(15)30-20)17-11-14(29-2)5-7-18(17)25(13)10-4-3-9-24/h5-8,11-12,26,28H,3-4,9-10H2,1-2H3. The number of alkyl halides is 1. The molecule has 0 aliphatic carbocycles. The van der Waals surface area contributed by atoms with E-state index in [1.54, 1.807) is 13.2 Å². The average Bonchev–Trinajstić information content (AvgIpc) is 3.20. The zero-order chi connectivity index (χ0) is 21.4. The Balaban J connectivity index is 1.83. The molecule has 0 fully saturated rings. The van der Waals surface area contributed by atoms with Crippen molar-refractivity contribution >= 4 is 34.4 Å². The number of hydrogen-bond donors (Lipinski definition) is 2. The number of nitrogens with zero attached hydrogens (tertiary/aromatic N) is 1. The van der Waals surface area contributed by atoms with E-state index in [-0.39, 0.29) is 28.6 Å². The van der Waals surface area contributed by atoms with E-state index < -0.39 is 5.75 Å². The maximum absolute atomic E-state index is 12.8. The van der Waals surface area contributed by atoms with Gasteiger partial charge < -0.3 is 24.3 Å². The quantitative estimate of drug-likeness (QED) is 0.250. The number of benzene rings is 2. The van der Waals surface area contributed by atoms with Gasteiger partial charge in [0.1, 0.15) is 5.75 Å². The topological polar surface area (TPSA) is 80.9 Å². The molecule has 7 heteroatoms. The van der Waals surface area contributed by atoms with E-state index in [2.05, 4.69) is 4.57 Å². The molecule has 1 aromatic heterocycles. The highest BCUT2D eigenvalue weighted by Crippen LogP contribution is 2.44. The molecule has 1 aliphatic rings. The first-order chi connectivity index (χ1) is 14.5. The van der Waals surface area contributed by atoms with Gasteiger partial charge in [0.25, 0.3) is 0 Å². The number of ether oxygens (including phenoxy) is 2. The molecule has 30 heavy (non-hydrogen) atoms. The summed E-state index contributed by atoms with van der Waals surface area (Å²) in [5.74, 6) is 0.282. The van der Waals surface area contributed by atoms with Gasteiger partial charge in [0.15, 0.2) is 17.3 Å². The molecule has 0 unspecified atom stereocenters. The van der Waals surface area contributed by atoms with Crippen molar-refractivity contribution in [3.05, 3.63) is 52.9 Å². The van der Waals surface area contributed by atoms with Crippen LogP contribution in [0.15, 0.2) is 36.1 Å². The summed E-state index contributed by atoms with van der Waals surface area (Å²) in [6.45, 7) is 2.80. The fourth-order valence-electron chi connectivity index (χ4n) is 3.81. The number of aromatic hydroxyl groups is 2. The maximum Gasteiger partial charge on any atom is 0.232 e. The van der Waals surface area contributed by atoms with Gasteiger partial charge in [-0.05, 0) is 56.2 Å². The number of Topliss-reactive ketones (excluding diaryl/α,β-unsaturated/α-hetero) is 1. The molecule has 0 amide bonds. The van der Waals surface area contributed by atoms with Gasteiger partial charge >= 0.3 is 0 Å². The summed E-state index contributed by atoms with van der Waals surface area (Å²) in [5.41, 5.74) is 3.07. The van der Waals surface area contributed by atoms with E-state index in [0.29, 0.717) is 11.6 Å². The zero-order valence-corrected chi connectivity index (χ0v) is 17.5. The molecule has 0 atom stereocenters. The summed E-state index contributed by atoms with van der Waals surface area (Å²) < 4.78 is 13.2. The van der Waals surface area contributed by atoms with Crippen LogP contribution in [-0.2, 0) is 6.54 Å². The second-order valence-corrected chi connectivity index (χ2v) is 7.56. The van der Waals surface area contributed by atoms with Crippen molar-refractivity contribution in [2.75, 3.05) is 13.0 Å². The Morgan fingerprint density at radius 1 is 1.20 bits per heavy atom. The number of fused-ring (bicyclic) bond motifs is 2. The lowest BCUT2D eigenvalue weighted by Crippen LogP contribution is -2.01. The van der Waals surface area contributed by atoms with Gasteiger partial charge in [-0.3, -0.25) is 4.79 Å². The number of ketones is 1. The maximum atomic E-state index is 12.8. The van der Waals surface area contributed by atoms with Crippen LogP contribution in [0.1, 0.15) is 34.5 Å². The Kier molecular flexibility index (Phi) is 5.35. The minimum atomic E-state index is -0.439. The van der Waals surface area contributed by atoms with Gasteiger partial charge in [0.05, 0.1) is 12.7 Å². The summed E-state index contributed by atoms with van der Waals surface area (Å²) >= 11 is 5.84. The van der Waals surface area contributed by atoms with E-state index in [9.17, 15) is 15.0 Å². The Morgan fingerprint density at radius 2 is 2.00 bits per heavy atom. The summed E-state index contributed by atoms with van der Waals surface area (Å²) in [5, 5.41) is 20.7. The lowest BCUT2D eigenvalue weighted by Gasteiger charge is -2.08. The molecule has 2 N–H and O–H groups in total. The fraction of sp³-hybridized carbons (Fsp3) is 0.261. The van der Waals surface area contributed by atoms with Crippen molar-refractivity contribution in [1.29, 1.82) is 0 Å². The molecule has 3 aromatic rings.